The van der Waals surface area contributed by atoms with Gasteiger partial charge in [0.1, 0.15) is 6.04 Å². The first-order valence-corrected chi connectivity index (χ1v) is 7.03. The molecule has 2 rings (SSSR count). The van der Waals surface area contributed by atoms with E-state index in [0.29, 0.717) is 6.54 Å². The van der Waals surface area contributed by atoms with Gasteiger partial charge in [0.2, 0.25) is 11.8 Å². The average Bonchev–Trinajstić information content (AvgIpc) is 2.61. The minimum atomic E-state index is -0.647. The van der Waals surface area contributed by atoms with E-state index in [-0.39, 0.29) is 17.7 Å². The number of rotatable bonds is 3. The van der Waals surface area contributed by atoms with Crippen LogP contribution in [0.5, 0.6) is 0 Å². The molecule has 0 aromatic heterocycles. The van der Waals surface area contributed by atoms with Crippen molar-refractivity contribution in [2.75, 3.05) is 13.6 Å². The molecule has 5 heteroatoms. The number of hydrogen-bond donors (Lipinski definition) is 2. The lowest BCUT2D eigenvalue weighted by molar-refractivity contribution is -0.135. The Morgan fingerprint density at radius 2 is 2.05 bits per heavy atom. The lowest BCUT2D eigenvalue weighted by atomic mass is 9.90. The van der Waals surface area contributed by atoms with E-state index in [2.05, 4.69) is 5.32 Å². The SMILES string of the molecule is C[C@H](N)C(=O)N[C@@H]1C(=O)N(C)CC=C[C@H]1c1ccccc1. The molecule has 21 heavy (non-hydrogen) atoms. The summed E-state index contributed by atoms with van der Waals surface area (Å²) >= 11 is 0. The lowest BCUT2D eigenvalue weighted by Crippen LogP contribution is -2.52. The summed E-state index contributed by atoms with van der Waals surface area (Å²) in [5, 5.41) is 2.78. The van der Waals surface area contributed by atoms with Crippen LogP contribution in [0.2, 0.25) is 0 Å². The van der Waals surface area contributed by atoms with Gasteiger partial charge in [-0.25, -0.2) is 0 Å². The van der Waals surface area contributed by atoms with Crippen LogP contribution in [0.1, 0.15) is 18.4 Å². The Bertz CT molecular complexity index is 540. The minimum absolute atomic E-state index is 0.108. The van der Waals surface area contributed by atoms with Gasteiger partial charge in [-0.05, 0) is 12.5 Å². The number of nitrogens with zero attached hydrogens (tertiary/aromatic N) is 1. The predicted octanol–water partition coefficient (Wildman–Crippen LogP) is 0.630. The van der Waals surface area contributed by atoms with Crippen LogP contribution in [0.3, 0.4) is 0 Å². The van der Waals surface area contributed by atoms with Crippen molar-refractivity contribution < 1.29 is 9.59 Å². The van der Waals surface area contributed by atoms with Crippen molar-refractivity contribution in [3.63, 3.8) is 0 Å². The van der Waals surface area contributed by atoms with Gasteiger partial charge in [-0.1, -0.05) is 42.5 Å². The van der Waals surface area contributed by atoms with Crippen molar-refractivity contribution in [1.29, 1.82) is 0 Å². The molecule has 0 bridgehead atoms. The summed E-state index contributed by atoms with van der Waals surface area (Å²) in [6.45, 7) is 2.14. The van der Waals surface area contributed by atoms with Gasteiger partial charge in [0, 0.05) is 19.5 Å². The normalized spacial score (nSPS) is 23.6. The van der Waals surface area contributed by atoms with Crippen molar-refractivity contribution in [2.24, 2.45) is 5.73 Å². The lowest BCUT2D eigenvalue weighted by Gasteiger charge is -2.27. The van der Waals surface area contributed by atoms with Crippen LogP contribution in [0, 0.1) is 0 Å². The predicted molar refractivity (Wildman–Crippen MR) is 81.5 cm³/mol. The summed E-state index contributed by atoms with van der Waals surface area (Å²) in [4.78, 5) is 26.0. The zero-order valence-electron chi connectivity index (χ0n) is 12.3. The number of hydrogen-bond acceptors (Lipinski definition) is 3. The molecule has 2 amide bonds. The highest BCUT2D eigenvalue weighted by Crippen LogP contribution is 2.24. The number of carbonyl (C=O) groups excluding carboxylic acids is 2. The number of benzene rings is 1. The highest BCUT2D eigenvalue weighted by molar-refractivity contribution is 5.90. The fourth-order valence-corrected chi connectivity index (χ4v) is 2.37. The number of amides is 2. The molecule has 112 valence electrons. The first-order valence-electron chi connectivity index (χ1n) is 7.03. The maximum absolute atomic E-state index is 12.5. The van der Waals surface area contributed by atoms with Gasteiger partial charge < -0.3 is 16.0 Å². The average molecular weight is 287 g/mol. The maximum atomic E-state index is 12.5. The summed E-state index contributed by atoms with van der Waals surface area (Å²) < 4.78 is 0. The molecule has 0 spiro atoms. The van der Waals surface area contributed by atoms with Crippen molar-refractivity contribution >= 4 is 11.8 Å². The quantitative estimate of drug-likeness (QED) is 0.801. The van der Waals surface area contributed by atoms with E-state index < -0.39 is 12.1 Å². The highest BCUT2D eigenvalue weighted by atomic mass is 16.2. The standard InChI is InChI=1S/C16H21N3O2/c1-11(17)15(20)18-14-13(12-7-4-3-5-8-12)9-6-10-19(2)16(14)21/h3-9,11,13-14H,10,17H2,1-2H3,(H,18,20)/t11-,13-,14-/m0/s1. The molecule has 1 heterocycles. The molecule has 0 saturated heterocycles. The number of carbonyl (C=O) groups is 2. The molecule has 1 aliphatic heterocycles. The maximum Gasteiger partial charge on any atom is 0.246 e. The molecule has 0 saturated carbocycles. The van der Waals surface area contributed by atoms with Crippen LogP contribution in [0.4, 0.5) is 0 Å². The molecular weight excluding hydrogens is 266 g/mol. The summed E-state index contributed by atoms with van der Waals surface area (Å²) in [6, 6.07) is 8.41. The summed E-state index contributed by atoms with van der Waals surface area (Å²) in [7, 11) is 1.73. The molecule has 1 aliphatic rings. The smallest absolute Gasteiger partial charge is 0.246 e. The van der Waals surface area contributed by atoms with Crippen LogP contribution in [0.25, 0.3) is 0 Å². The Labute approximate surface area is 124 Å². The number of likely N-dealkylation sites (N-methyl/N-ethyl adjacent to an activating group) is 1. The van der Waals surface area contributed by atoms with Crippen molar-refractivity contribution in [3.8, 4) is 0 Å². The topological polar surface area (TPSA) is 75.4 Å². The van der Waals surface area contributed by atoms with E-state index in [1.54, 1.807) is 18.9 Å². The molecule has 3 atom stereocenters. The van der Waals surface area contributed by atoms with E-state index in [9.17, 15) is 9.59 Å². The van der Waals surface area contributed by atoms with Crippen LogP contribution in [0.15, 0.2) is 42.5 Å². The second-order valence-electron chi connectivity index (χ2n) is 5.36. The molecule has 0 unspecified atom stereocenters. The van der Waals surface area contributed by atoms with Gasteiger partial charge in [0.15, 0.2) is 0 Å². The molecular formula is C16H21N3O2. The third kappa shape index (κ3) is 3.49. The van der Waals surface area contributed by atoms with E-state index in [1.807, 2.05) is 42.5 Å². The van der Waals surface area contributed by atoms with Crippen molar-refractivity contribution in [3.05, 3.63) is 48.0 Å². The van der Waals surface area contributed by atoms with Crippen LogP contribution < -0.4 is 11.1 Å². The molecule has 3 N–H and O–H groups in total. The van der Waals surface area contributed by atoms with Crippen LogP contribution in [-0.4, -0.2) is 42.4 Å². The van der Waals surface area contributed by atoms with Crippen molar-refractivity contribution in [2.45, 2.75) is 24.9 Å². The van der Waals surface area contributed by atoms with Gasteiger partial charge in [0.25, 0.3) is 0 Å². The van der Waals surface area contributed by atoms with Crippen LogP contribution >= 0.6 is 0 Å². The summed E-state index contributed by atoms with van der Waals surface area (Å²) in [6.07, 6.45) is 3.93. The first kappa shape index (κ1) is 15.3. The Morgan fingerprint density at radius 1 is 1.38 bits per heavy atom. The van der Waals surface area contributed by atoms with Gasteiger partial charge >= 0.3 is 0 Å². The highest BCUT2D eigenvalue weighted by Gasteiger charge is 2.33. The fourth-order valence-electron chi connectivity index (χ4n) is 2.37. The Kier molecular flexibility index (Phi) is 4.75. The largest absolute Gasteiger partial charge is 0.342 e. The first-order chi connectivity index (χ1) is 10.0. The molecule has 0 fully saturated rings. The molecule has 1 aromatic rings. The number of nitrogens with one attached hydrogen (secondary N) is 1. The third-order valence-corrected chi connectivity index (χ3v) is 3.62. The third-order valence-electron chi connectivity index (χ3n) is 3.62. The van der Waals surface area contributed by atoms with Gasteiger partial charge in [0.05, 0.1) is 6.04 Å². The molecule has 5 nitrogen and oxygen atoms in total. The van der Waals surface area contributed by atoms with Gasteiger partial charge in [-0.15, -0.1) is 0 Å². The fraction of sp³-hybridized carbons (Fsp3) is 0.375. The molecule has 0 aliphatic carbocycles. The van der Waals surface area contributed by atoms with E-state index in [4.69, 9.17) is 5.73 Å². The zero-order valence-corrected chi connectivity index (χ0v) is 12.3. The zero-order chi connectivity index (χ0) is 15.4. The Balaban J connectivity index is 2.33. The second kappa shape index (κ2) is 6.54. The van der Waals surface area contributed by atoms with E-state index in [1.165, 1.54) is 0 Å². The molecule has 1 aromatic carbocycles. The summed E-state index contributed by atoms with van der Waals surface area (Å²) in [5.41, 5.74) is 6.59. The van der Waals surface area contributed by atoms with Crippen molar-refractivity contribution in [1.82, 2.24) is 10.2 Å². The Morgan fingerprint density at radius 3 is 2.67 bits per heavy atom. The minimum Gasteiger partial charge on any atom is -0.342 e. The van der Waals surface area contributed by atoms with E-state index >= 15 is 0 Å². The van der Waals surface area contributed by atoms with Crippen LogP contribution in [-0.2, 0) is 9.59 Å². The van der Waals surface area contributed by atoms with Gasteiger partial charge in [-0.3, -0.25) is 9.59 Å². The monoisotopic (exact) mass is 287 g/mol. The van der Waals surface area contributed by atoms with Gasteiger partial charge in [-0.2, -0.15) is 0 Å². The number of nitrogens with two attached hydrogens (primary N) is 1. The van der Waals surface area contributed by atoms with E-state index in [0.717, 1.165) is 5.56 Å². The Hall–Kier alpha value is -2.14. The molecule has 0 radical (unpaired) electrons. The summed E-state index contributed by atoms with van der Waals surface area (Å²) in [5.74, 6) is -0.618. The second-order valence-corrected chi connectivity index (χ2v) is 5.36.